The predicted molar refractivity (Wildman–Crippen MR) is 88.4 cm³/mol. The number of pyridine rings is 1. The minimum Gasteiger partial charge on any atom is -0.379 e. The number of nitrogens with one attached hydrogen (secondary N) is 1. The third-order valence-electron chi connectivity index (χ3n) is 4.65. The van der Waals surface area contributed by atoms with Gasteiger partial charge in [-0.2, -0.15) is 5.10 Å². The summed E-state index contributed by atoms with van der Waals surface area (Å²) in [6, 6.07) is 7.51. The molecule has 2 aromatic heterocycles. The van der Waals surface area contributed by atoms with E-state index in [1.807, 2.05) is 23.1 Å². The van der Waals surface area contributed by atoms with Crippen molar-refractivity contribution < 1.29 is 9.53 Å². The number of hydrogen-bond acceptors (Lipinski definition) is 5. The number of ether oxygens (including phenoxy) is 1. The first kappa shape index (κ1) is 15.3. The molecule has 2 fully saturated rings. The summed E-state index contributed by atoms with van der Waals surface area (Å²) in [7, 11) is 2.11. The maximum Gasteiger partial charge on any atom is 0.272 e. The summed E-state index contributed by atoms with van der Waals surface area (Å²) < 4.78 is 5.74. The van der Waals surface area contributed by atoms with Crippen LogP contribution in [0.1, 0.15) is 10.5 Å². The number of likely N-dealkylation sites (N-methyl/N-ethyl adjacent to an activating group) is 1. The van der Waals surface area contributed by atoms with Crippen molar-refractivity contribution in [3.63, 3.8) is 0 Å². The normalized spacial score (nSPS) is 24.6. The second-order valence-corrected chi connectivity index (χ2v) is 6.62. The van der Waals surface area contributed by atoms with Gasteiger partial charge in [-0.05, 0) is 25.2 Å². The van der Waals surface area contributed by atoms with Gasteiger partial charge in [-0.1, -0.05) is 6.07 Å². The molecule has 0 saturated carbocycles. The van der Waals surface area contributed by atoms with Gasteiger partial charge in [0.2, 0.25) is 0 Å². The summed E-state index contributed by atoms with van der Waals surface area (Å²) in [4.78, 5) is 21.5. The third-order valence-corrected chi connectivity index (χ3v) is 4.65. The molecule has 2 atom stereocenters. The fourth-order valence-corrected chi connectivity index (χ4v) is 3.56. The Kier molecular flexibility index (Phi) is 4.03. The summed E-state index contributed by atoms with van der Waals surface area (Å²) in [6.45, 7) is 3.83. The maximum absolute atomic E-state index is 13.0. The molecular formula is C17H21N5O2. The van der Waals surface area contributed by atoms with Crippen molar-refractivity contribution in [2.24, 2.45) is 5.92 Å². The van der Waals surface area contributed by atoms with Gasteiger partial charge in [0.25, 0.3) is 5.91 Å². The van der Waals surface area contributed by atoms with E-state index in [0.717, 1.165) is 25.3 Å². The van der Waals surface area contributed by atoms with E-state index in [4.69, 9.17) is 4.74 Å². The van der Waals surface area contributed by atoms with E-state index in [9.17, 15) is 4.79 Å². The summed E-state index contributed by atoms with van der Waals surface area (Å²) >= 11 is 0. The second kappa shape index (κ2) is 6.33. The standard InChI is InChI=1S/C17H21N5O2/c1-21-7-12-8-22(13(9-21)11-24-10-12)17(23)16-6-15(19-20-16)14-4-2-3-5-18-14/h2-6,12-13H,7-11H2,1H3,(H,19,20)/t12-,13-/m0/s1. The van der Waals surface area contributed by atoms with Gasteiger partial charge in [-0.15, -0.1) is 0 Å². The molecule has 0 spiro atoms. The Morgan fingerprint density at radius 1 is 1.25 bits per heavy atom. The lowest BCUT2D eigenvalue weighted by Gasteiger charge is -2.29. The van der Waals surface area contributed by atoms with E-state index in [2.05, 4.69) is 27.1 Å². The first-order chi connectivity index (χ1) is 11.7. The van der Waals surface area contributed by atoms with Crippen LogP contribution < -0.4 is 0 Å². The van der Waals surface area contributed by atoms with Crippen molar-refractivity contribution in [1.82, 2.24) is 25.0 Å². The number of rotatable bonds is 2. The Balaban J connectivity index is 1.58. The second-order valence-electron chi connectivity index (χ2n) is 6.62. The van der Waals surface area contributed by atoms with Crippen molar-refractivity contribution in [3.05, 3.63) is 36.2 Å². The van der Waals surface area contributed by atoms with Gasteiger partial charge in [0.05, 0.1) is 24.9 Å². The molecule has 7 nitrogen and oxygen atoms in total. The molecule has 24 heavy (non-hydrogen) atoms. The number of aromatic nitrogens is 3. The van der Waals surface area contributed by atoms with Crippen LogP contribution in [0, 0.1) is 5.92 Å². The van der Waals surface area contributed by atoms with Gasteiger partial charge in [0, 0.05) is 31.7 Å². The average molecular weight is 327 g/mol. The third kappa shape index (κ3) is 2.92. The molecule has 2 aliphatic rings. The molecule has 0 unspecified atom stereocenters. The predicted octanol–water partition coefficient (Wildman–Crippen LogP) is 0.874. The van der Waals surface area contributed by atoms with Crippen molar-refractivity contribution >= 4 is 5.91 Å². The van der Waals surface area contributed by atoms with Crippen molar-refractivity contribution in [1.29, 1.82) is 0 Å². The van der Waals surface area contributed by atoms with E-state index < -0.39 is 0 Å². The zero-order valence-electron chi connectivity index (χ0n) is 13.7. The summed E-state index contributed by atoms with van der Waals surface area (Å²) in [5.41, 5.74) is 1.95. The number of aromatic amines is 1. The molecule has 7 heteroatoms. The van der Waals surface area contributed by atoms with Gasteiger partial charge in [-0.3, -0.25) is 14.9 Å². The minimum absolute atomic E-state index is 0.0134. The van der Waals surface area contributed by atoms with Gasteiger partial charge in [0.1, 0.15) is 11.4 Å². The number of nitrogens with zero attached hydrogens (tertiary/aromatic N) is 4. The number of H-pyrrole nitrogens is 1. The van der Waals surface area contributed by atoms with Gasteiger partial charge in [0.15, 0.2) is 0 Å². The Bertz CT molecular complexity index is 717. The average Bonchev–Trinajstić information content (AvgIpc) is 2.92. The van der Waals surface area contributed by atoms with Crippen LogP contribution in [-0.2, 0) is 4.74 Å². The smallest absolute Gasteiger partial charge is 0.272 e. The molecule has 126 valence electrons. The lowest BCUT2D eigenvalue weighted by molar-refractivity contribution is 0.0480. The lowest BCUT2D eigenvalue weighted by Crippen LogP contribution is -2.46. The highest BCUT2D eigenvalue weighted by Gasteiger charge is 2.35. The van der Waals surface area contributed by atoms with Crippen LogP contribution in [0.25, 0.3) is 11.4 Å². The van der Waals surface area contributed by atoms with Crippen LogP contribution in [0.2, 0.25) is 0 Å². The number of carbonyl (C=O) groups excluding carboxylic acids is 1. The molecule has 2 saturated heterocycles. The fourth-order valence-electron chi connectivity index (χ4n) is 3.56. The van der Waals surface area contributed by atoms with E-state index in [0.29, 0.717) is 30.5 Å². The van der Waals surface area contributed by atoms with Crippen LogP contribution in [0.3, 0.4) is 0 Å². The van der Waals surface area contributed by atoms with Crippen LogP contribution in [0.4, 0.5) is 0 Å². The molecule has 1 amide bonds. The quantitative estimate of drug-likeness (QED) is 0.886. The molecule has 0 aliphatic carbocycles. The first-order valence-electron chi connectivity index (χ1n) is 8.25. The van der Waals surface area contributed by atoms with Crippen LogP contribution >= 0.6 is 0 Å². The monoisotopic (exact) mass is 327 g/mol. The van der Waals surface area contributed by atoms with E-state index >= 15 is 0 Å². The molecule has 4 heterocycles. The minimum atomic E-state index is -0.0134. The topological polar surface area (TPSA) is 74.3 Å². The van der Waals surface area contributed by atoms with Gasteiger partial charge >= 0.3 is 0 Å². The maximum atomic E-state index is 13.0. The van der Waals surface area contributed by atoms with Crippen molar-refractivity contribution in [3.8, 4) is 11.4 Å². The van der Waals surface area contributed by atoms with Crippen LogP contribution in [0.5, 0.6) is 0 Å². The highest BCUT2D eigenvalue weighted by Crippen LogP contribution is 2.22. The number of carbonyl (C=O) groups is 1. The molecule has 0 aromatic carbocycles. The number of hydrogen-bond donors (Lipinski definition) is 1. The Labute approximate surface area is 140 Å². The summed E-state index contributed by atoms with van der Waals surface area (Å²) in [5, 5.41) is 7.13. The lowest BCUT2D eigenvalue weighted by atomic mass is 10.1. The Morgan fingerprint density at radius 3 is 3.00 bits per heavy atom. The zero-order chi connectivity index (χ0) is 16.5. The Hall–Kier alpha value is -2.25. The summed E-state index contributed by atoms with van der Waals surface area (Å²) in [6.07, 6.45) is 1.72. The number of fused-ring (bicyclic) bond motifs is 3. The van der Waals surface area contributed by atoms with Crippen molar-refractivity contribution in [2.75, 3.05) is 39.9 Å². The van der Waals surface area contributed by atoms with Crippen molar-refractivity contribution in [2.45, 2.75) is 6.04 Å². The molecule has 4 rings (SSSR count). The molecule has 1 N–H and O–H groups in total. The SMILES string of the molecule is CN1C[C@@H]2COC[C@H](C1)N(C(=O)c1cc(-c3ccccn3)n[nH]1)C2. The fraction of sp³-hybridized carbons (Fsp3) is 0.471. The van der Waals surface area contributed by atoms with Gasteiger partial charge in [-0.25, -0.2) is 0 Å². The molecule has 2 aliphatic heterocycles. The molecular weight excluding hydrogens is 306 g/mol. The molecule has 2 bridgehead atoms. The van der Waals surface area contributed by atoms with Crippen LogP contribution in [0.15, 0.2) is 30.5 Å². The number of amides is 1. The highest BCUT2D eigenvalue weighted by atomic mass is 16.5. The molecule has 0 radical (unpaired) electrons. The van der Waals surface area contributed by atoms with E-state index in [-0.39, 0.29) is 11.9 Å². The zero-order valence-corrected chi connectivity index (χ0v) is 13.7. The van der Waals surface area contributed by atoms with E-state index in [1.165, 1.54) is 0 Å². The van der Waals surface area contributed by atoms with Crippen LogP contribution in [-0.4, -0.2) is 76.8 Å². The summed E-state index contributed by atoms with van der Waals surface area (Å²) in [5.74, 6) is 0.338. The molecule has 2 aromatic rings. The Morgan fingerprint density at radius 2 is 2.17 bits per heavy atom. The van der Waals surface area contributed by atoms with Gasteiger partial charge < -0.3 is 14.5 Å². The highest BCUT2D eigenvalue weighted by molar-refractivity contribution is 5.93. The van der Waals surface area contributed by atoms with E-state index in [1.54, 1.807) is 12.3 Å². The largest absolute Gasteiger partial charge is 0.379 e. The first-order valence-corrected chi connectivity index (χ1v) is 8.25.